The van der Waals surface area contributed by atoms with Gasteiger partial charge < -0.3 is 10.1 Å². The molecule has 0 bridgehead atoms. The molecule has 202 valence electrons. The Morgan fingerprint density at radius 1 is 1.24 bits per heavy atom. The molecule has 2 heterocycles. The van der Waals surface area contributed by atoms with Crippen molar-refractivity contribution in [1.29, 1.82) is 0 Å². The second-order valence-electron chi connectivity index (χ2n) is 8.29. The number of rotatable bonds is 11. The number of nitrogens with zero attached hydrogens (tertiary/aromatic N) is 3. The predicted molar refractivity (Wildman–Crippen MR) is 157 cm³/mol. The Bertz CT molecular complexity index is 1180. The van der Waals surface area contributed by atoms with Gasteiger partial charge in [0.2, 0.25) is 0 Å². The largest absolute Gasteiger partial charge is 0.494 e. The molecule has 1 aliphatic heterocycles. The Labute approximate surface area is 232 Å². The van der Waals surface area contributed by atoms with E-state index in [1.165, 1.54) is 31.1 Å². The number of unbranched alkanes of at least 4 members (excludes halogenated alkanes) is 1. The Morgan fingerprint density at radius 3 is 2.76 bits per heavy atom. The zero-order valence-electron chi connectivity index (χ0n) is 21.7. The molecule has 6 nitrogen and oxygen atoms in total. The number of alkyl halides is 2. The Morgan fingerprint density at radius 2 is 2.05 bits per heavy atom. The van der Waals surface area contributed by atoms with Gasteiger partial charge >= 0.3 is 0 Å². The molecule has 3 rings (SSSR count). The molecule has 1 fully saturated rings. The fourth-order valence-electron chi connectivity index (χ4n) is 3.65. The zero-order chi connectivity index (χ0) is 27.2. The van der Waals surface area contributed by atoms with Gasteiger partial charge in [-0.15, -0.1) is 17.7 Å². The normalized spacial score (nSPS) is 14.0. The van der Waals surface area contributed by atoms with Crippen molar-refractivity contribution < 1.29 is 13.5 Å². The SMILES string of the molecule is C=NNC(C#CCCC)SCNc1ccc(C#CCN2CCSCC2)cc1-c1cc(C(F)F)ncc1OC. The van der Waals surface area contributed by atoms with E-state index >= 15 is 0 Å². The number of benzene rings is 1. The molecule has 0 saturated carbocycles. The average molecular weight is 558 g/mol. The van der Waals surface area contributed by atoms with Crippen LogP contribution in [0.4, 0.5) is 14.5 Å². The van der Waals surface area contributed by atoms with Crippen LogP contribution < -0.4 is 15.5 Å². The summed E-state index contributed by atoms with van der Waals surface area (Å²) < 4.78 is 32.5. The summed E-state index contributed by atoms with van der Waals surface area (Å²) in [5.41, 5.74) is 5.36. The molecule has 2 aromatic rings. The van der Waals surface area contributed by atoms with Crippen molar-refractivity contribution in [2.24, 2.45) is 5.10 Å². The number of ether oxygens (including phenoxy) is 1. The number of anilines is 1. The first-order chi connectivity index (χ1) is 18.5. The summed E-state index contributed by atoms with van der Waals surface area (Å²) in [6.45, 7) is 8.34. The highest BCUT2D eigenvalue weighted by Crippen LogP contribution is 2.37. The van der Waals surface area contributed by atoms with Gasteiger partial charge in [0.1, 0.15) is 11.4 Å². The van der Waals surface area contributed by atoms with E-state index < -0.39 is 6.43 Å². The molecule has 1 saturated heterocycles. The maximum Gasteiger partial charge on any atom is 0.280 e. The quantitative estimate of drug-likeness (QED) is 0.163. The molecule has 2 N–H and O–H groups in total. The van der Waals surface area contributed by atoms with Gasteiger partial charge in [-0.25, -0.2) is 8.78 Å². The topological polar surface area (TPSA) is 61.8 Å². The molecule has 0 spiro atoms. The lowest BCUT2D eigenvalue weighted by Gasteiger charge is -2.23. The van der Waals surface area contributed by atoms with Gasteiger partial charge in [0.05, 0.1) is 25.7 Å². The van der Waals surface area contributed by atoms with E-state index in [-0.39, 0.29) is 11.1 Å². The minimum Gasteiger partial charge on any atom is -0.494 e. The van der Waals surface area contributed by atoms with Crippen LogP contribution >= 0.6 is 23.5 Å². The minimum absolute atomic E-state index is 0.228. The summed E-state index contributed by atoms with van der Waals surface area (Å²) in [5.74, 6) is 15.9. The lowest BCUT2D eigenvalue weighted by atomic mass is 10.00. The smallest absolute Gasteiger partial charge is 0.280 e. The van der Waals surface area contributed by atoms with Gasteiger partial charge in [0.25, 0.3) is 6.43 Å². The number of pyridine rings is 1. The molecular weight excluding hydrogens is 524 g/mol. The van der Waals surface area contributed by atoms with Crippen molar-refractivity contribution >= 4 is 35.9 Å². The monoisotopic (exact) mass is 557 g/mol. The fourth-order valence-corrected chi connectivity index (χ4v) is 5.35. The van der Waals surface area contributed by atoms with Gasteiger partial charge in [0.15, 0.2) is 5.37 Å². The molecule has 0 aliphatic carbocycles. The Balaban J connectivity index is 1.88. The minimum atomic E-state index is -2.70. The van der Waals surface area contributed by atoms with Crippen LogP contribution in [0.1, 0.15) is 37.4 Å². The van der Waals surface area contributed by atoms with E-state index in [1.807, 2.05) is 30.0 Å². The summed E-state index contributed by atoms with van der Waals surface area (Å²) in [7, 11) is 1.50. The first kappa shape index (κ1) is 29.6. The first-order valence-corrected chi connectivity index (χ1v) is 14.6. The molecule has 0 amide bonds. The summed E-state index contributed by atoms with van der Waals surface area (Å²) in [6, 6.07) is 7.12. The average Bonchev–Trinajstić information content (AvgIpc) is 2.94. The molecular formula is C28H33F2N5OS2. The molecule has 38 heavy (non-hydrogen) atoms. The van der Waals surface area contributed by atoms with Gasteiger partial charge in [-0.05, 0) is 30.7 Å². The van der Waals surface area contributed by atoms with Crippen molar-refractivity contribution in [2.45, 2.75) is 31.6 Å². The second-order valence-corrected chi connectivity index (χ2v) is 10.6. The van der Waals surface area contributed by atoms with Crippen molar-refractivity contribution in [3.05, 3.63) is 41.7 Å². The van der Waals surface area contributed by atoms with Gasteiger partial charge in [-0.3, -0.25) is 15.3 Å². The van der Waals surface area contributed by atoms with Gasteiger partial charge in [0, 0.05) is 60.1 Å². The lowest BCUT2D eigenvalue weighted by molar-refractivity contribution is 0.146. The molecule has 1 unspecified atom stereocenters. The molecule has 10 heteroatoms. The first-order valence-electron chi connectivity index (χ1n) is 12.4. The molecule has 1 aromatic carbocycles. The van der Waals surface area contributed by atoms with Crippen LogP contribution in [0.15, 0.2) is 35.6 Å². The van der Waals surface area contributed by atoms with E-state index in [0.717, 1.165) is 48.7 Å². The van der Waals surface area contributed by atoms with Crippen molar-refractivity contribution in [3.63, 3.8) is 0 Å². The number of aromatic nitrogens is 1. The molecule has 1 aromatic heterocycles. The number of methoxy groups -OCH3 is 1. The van der Waals surface area contributed by atoms with Crippen molar-refractivity contribution in [2.75, 3.05) is 49.4 Å². The van der Waals surface area contributed by atoms with Crippen LogP contribution in [0.3, 0.4) is 0 Å². The maximum atomic E-state index is 13.5. The van der Waals surface area contributed by atoms with E-state index in [2.05, 4.69) is 63.1 Å². The highest BCUT2D eigenvalue weighted by molar-refractivity contribution is 8.00. The number of hydrazone groups is 1. The number of nitrogens with one attached hydrogen (secondary N) is 2. The number of halogens is 2. The van der Waals surface area contributed by atoms with Crippen LogP contribution in [0.25, 0.3) is 11.1 Å². The number of thioether (sulfide) groups is 2. The van der Waals surface area contributed by atoms with E-state index in [1.54, 1.807) is 0 Å². The van der Waals surface area contributed by atoms with Gasteiger partial charge in [-0.2, -0.15) is 16.9 Å². The number of hydrogen-bond donors (Lipinski definition) is 2. The number of hydrogen-bond acceptors (Lipinski definition) is 8. The van der Waals surface area contributed by atoms with Crippen LogP contribution in [0.5, 0.6) is 5.75 Å². The Hall–Kier alpha value is -2.92. The van der Waals surface area contributed by atoms with Crippen molar-refractivity contribution in [1.82, 2.24) is 15.3 Å². The summed E-state index contributed by atoms with van der Waals surface area (Å²) in [6.07, 6.45) is 0.424. The molecule has 1 aliphatic rings. The molecule has 1 atom stereocenters. The predicted octanol–water partition coefficient (Wildman–Crippen LogP) is 5.53. The third-order valence-electron chi connectivity index (χ3n) is 5.61. The summed E-state index contributed by atoms with van der Waals surface area (Å²) in [4.78, 5) is 6.19. The van der Waals surface area contributed by atoms with E-state index in [9.17, 15) is 8.78 Å². The standard InChI is InChI=1S/C28H33F2N5OS2/c1-4-5-6-9-27(34-31-2)38-20-33-24-11-10-21(8-7-12-35-13-15-37-16-14-35)17-22(24)23-18-25(28(29)30)32-19-26(23)36-3/h10-11,17-19,27-28,33-34H,2,4-5,12-16,20H2,1,3H3. The van der Waals surface area contributed by atoms with Crippen LogP contribution in [0, 0.1) is 23.7 Å². The summed E-state index contributed by atoms with van der Waals surface area (Å²) in [5, 5.41) is 6.93. The third kappa shape index (κ3) is 9.13. The van der Waals surface area contributed by atoms with Crippen LogP contribution in [-0.4, -0.2) is 66.1 Å². The fraction of sp³-hybridized carbons (Fsp3) is 0.429. The van der Waals surface area contributed by atoms with Crippen LogP contribution in [0.2, 0.25) is 0 Å². The zero-order valence-corrected chi connectivity index (χ0v) is 23.4. The highest BCUT2D eigenvalue weighted by atomic mass is 32.2. The maximum absolute atomic E-state index is 13.5. The summed E-state index contributed by atoms with van der Waals surface area (Å²) >= 11 is 3.48. The lowest BCUT2D eigenvalue weighted by Crippen LogP contribution is -2.32. The molecule has 0 radical (unpaired) electrons. The van der Waals surface area contributed by atoms with Crippen molar-refractivity contribution in [3.8, 4) is 40.6 Å². The Kier molecular flexibility index (Phi) is 12.6. The highest BCUT2D eigenvalue weighted by Gasteiger charge is 2.17. The van der Waals surface area contributed by atoms with E-state index in [0.29, 0.717) is 29.3 Å². The van der Waals surface area contributed by atoms with E-state index in [4.69, 9.17) is 4.74 Å². The van der Waals surface area contributed by atoms with Crippen LogP contribution in [-0.2, 0) is 0 Å². The van der Waals surface area contributed by atoms with Gasteiger partial charge in [-0.1, -0.05) is 24.7 Å². The second kappa shape index (κ2) is 16.1. The third-order valence-corrected chi connectivity index (χ3v) is 7.42.